The van der Waals surface area contributed by atoms with E-state index in [1.807, 2.05) is 0 Å². The van der Waals surface area contributed by atoms with Crippen molar-refractivity contribution in [3.05, 3.63) is 30.0 Å². The summed E-state index contributed by atoms with van der Waals surface area (Å²) >= 11 is 4.32. The van der Waals surface area contributed by atoms with Crippen LogP contribution in [0.25, 0.3) is 0 Å². The van der Waals surface area contributed by atoms with E-state index in [2.05, 4.69) is 20.9 Å². The van der Waals surface area contributed by atoms with Gasteiger partial charge in [-0.05, 0) is 38.5 Å². The molecule has 4 nitrogen and oxygen atoms in total. The highest BCUT2D eigenvalue weighted by molar-refractivity contribution is 14.1. The number of pyridine rings is 1. The van der Waals surface area contributed by atoms with Crippen LogP contribution in [-0.2, 0) is 0 Å². The lowest BCUT2D eigenvalue weighted by Gasteiger charge is -2.04. The fourth-order valence-electron chi connectivity index (χ4n) is 0.786. The molecule has 0 saturated heterocycles. The van der Waals surface area contributed by atoms with Crippen molar-refractivity contribution >= 4 is 44.2 Å². The van der Waals surface area contributed by atoms with Crippen LogP contribution in [0.15, 0.2) is 10.8 Å². The van der Waals surface area contributed by atoms with Crippen LogP contribution in [0.2, 0.25) is 0 Å². The first-order valence-electron chi connectivity index (χ1n) is 3.21. The van der Waals surface area contributed by atoms with Crippen molar-refractivity contribution in [1.82, 2.24) is 4.98 Å². The van der Waals surface area contributed by atoms with E-state index in [0.717, 1.165) is 6.20 Å². The maximum Gasteiger partial charge on any atom is 0.301 e. The molecule has 0 aromatic carbocycles. The van der Waals surface area contributed by atoms with Crippen molar-refractivity contribution in [3.8, 4) is 0 Å². The SMILES string of the molecule is O=[N+]([O-])c1cnc(Br)c(C(F)F)c1I. The largest absolute Gasteiger partial charge is 0.301 e. The average molecular weight is 379 g/mol. The lowest BCUT2D eigenvalue weighted by molar-refractivity contribution is -0.386. The molecule has 0 amide bonds. The number of hydrogen-bond donors (Lipinski definition) is 0. The molecule has 0 unspecified atom stereocenters. The highest BCUT2D eigenvalue weighted by Crippen LogP contribution is 2.34. The van der Waals surface area contributed by atoms with E-state index in [0.29, 0.717) is 0 Å². The van der Waals surface area contributed by atoms with Crippen LogP contribution in [0.1, 0.15) is 12.0 Å². The monoisotopic (exact) mass is 378 g/mol. The smallest absolute Gasteiger partial charge is 0.258 e. The summed E-state index contributed by atoms with van der Waals surface area (Å²) in [5.74, 6) is 0. The van der Waals surface area contributed by atoms with Gasteiger partial charge in [0.1, 0.15) is 14.4 Å². The number of nitrogens with zero attached hydrogens (tertiary/aromatic N) is 2. The van der Waals surface area contributed by atoms with Crippen LogP contribution in [0.5, 0.6) is 0 Å². The molecule has 1 rings (SSSR count). The van der Waals surface area contributed by atoms with Gasteiger partial charge in [-0.25, -0.2) is 13.8 Å². The van der Waals surface area contributed by atoms with Crippen molar-refractivity contribution in [2.45, 2.75) is 6.43 Å². The molecule has 0 atom stereocenters. The van der Waals surface area contributed by atoms with Crippen LogP contribution in [-0.4, -0.2) is 9.91 Å². The first-order valence-corrected chi connectivity index (χ1v) is 5.08. The van der Waals surface area contributed by atoms with Crippen LogP contribution < -0.4 is 0 Å². The Morgan fingerprint density at radius 1 is 1.64 bits per heavy atom. The molecule has 0 aliphatic rings. The van der Waals surface area contributed by atoms with Gasteiger partial charge in [0, 0.05) is 0 Å². The predicted octanol–water partition coefficient (Wildman–Crippen LogP) is 3.29. The Kier molecular flexibility index (Phi) is 3.70. The molecule has 1 aromatic heterocycles. The summed E-state index contributed by atoms with van der Waals surface area (Å²) in [7, 11) is 0. The van der Waals surface area contributed by atoms with Gasteiger partial charge in [0.15, 0.2) is 0 Å². The average Bonchev–Trinajstić information content (AvgIpc) is 2.02. The second-order valence-electron chi connectivity index (χ2n) is 2.22. The van der Waals surface area contributed by atoms with E-state index in [4.69, 9.17) is 0 Å². The van der Waals surface area contributed by atoms with Crippen LogP contribution in [0.4, 0.5) is 14.5 Å². The summed E-state index contributed by atoms with van der Waals surface area (Å²) in [5, 5.41) is 10.4. The van der Waals surface area contributed by atoms with Gasteiger partial charge in [-0.3, -0.25) is 10.1 Å². The lowest BCUT2D eigenvalue weighted by atomic mass is 10.3. The number of halogens is 4. The van der Waals surface area contributed by atoms with Crippen molar-refractivity contribution < 1.29 is 13.7 Å². The Bertz CT molecular complexity index is 388. The molecule has 14 heavy (non-hydrogen) atoms. The van der Waals surface area contributed by atoms with Gasteiger partial charge in [-0.1, -0.05) is 0 Å². The van der Waals surface area contributed by atoms with Gasteiger partial charge in [0.05, 0.1) is 10.5 Å². The second kappa shape index (κ2) is 4.43. The number of hydrogen-bond acceptors (Lipinski definition) is 3. The summed E-state index contributed by atoms with van der Waals surface area (Å²) in [6, 6.07) is 0. The fourth-order valence-corrected chi connectivity index (χ4v) is 2.46. The number of rotatable bonds is 2. The summed E-state index contributed by atoms with van der Waals surface area (Å²) in [6.45, 7) is 0. The van der Waals surface area contributed by atoms with Crippen molar-refractivity contribution in [2.24, 2.45) is 0 Å². The molecule has 1 aromatic rings. The minimum atomic E-state index is -2.79. The molecule has 76 valence electrons. The summed E-state index contributed by atoms with van der Waals surface area (Å²) in [4.78, 5) is 13.1. The Labute approximate surface area is 99.1 Å². The topological polar surface area (TPSA) is 56.0 Å². The maximum atomic E-state index is 12.4. The third kappa shape index (κ3) is 2.16. The van der Waals surface area contributed by atoms with E-state index < -0.39 is 22.6 Å². The Morgan fingerprint density at radius 2 is 2.21 bits per heavy atom. The third-order valence-corrected chi connectivity index (χ3v) is 3.16. The Morgan fingerprint density at radius 3 is 2.64 bits per heavy atom. The zero-order chi connectivity index (χ0) is 10.9. The van der Waals surface area contributed by atoms with Gasteiger partial charge in [0.2, 0.25) is 0 Å². The molecule has 0 fully saturated rings. The van der Waals surface area contributed by atoms with Crippen molar-refractivity contribution in [2.75, 3.05) is 0 Å². The molecule has 0 bridgehead atoms. The molecule has 0 aliphatic carbocycles. The predicted molar refractivity (Wildman–Crippen MR) is 56.3 cm³/mol. The minimum Gasteiger partial charge on any atom is -0.258 e. The first-order chi connectivity index (χ1) is 6.45. The van der Waals surface area contributed by atoms with Gasteiger partial charge >= 0.3 is 5.69 Å². The molecule has 0 radical (unpaired) electrons. The van der Waals surface area contributed by atoms with Gasteiger partial charge in [0.25, 0.3) is 6.43 Å². The first kappa shape index (κ1) is 11.7. The Balaban J connectivity index is 3.41. The van der Waals surface area contributed by atoms with Crippen molar-refractivity contribution in [3.63, 3.8) is 0 Å². The number of nitro groups is 1. The van der Waals surface area contributed by atoms with Crippen LogP contribution in [0, 0.1) is 13.7 Å². The maximum absolute atomic E-state index is 12.4. The zero-order valence-corrected chi connectivity index (χ0v) is 10.1. The van der Waals surface area contributed by atoms with Crippen LogP contribution in [0.3, 0.4) is 0 Å². The highest BCUT2D eigenvalue weighted by atomic mass is 127. The van der Waals surface area contributed by atoms with E-state index in [1.54, 1.807) is 0 Å². The molecule has 8 heteroatoms. The molecular weight excluding hydrogens is 377 g/mol. The minimum absolute atomic E-state index is 0.0671. The lowest BCUT2D eigenvalue weighted by Crippen LogP contribution is -2.00. The highest BCUT2D eigenvalue weighted by Gasteiger charge is 2.24. The van der Waals surface area contributed by atoms with E-state index in [9.17, 15) is 18.9 Å². The molecule has 0 N–H and O–H groups in total. The number of alkyl halides is 2. The summed E-state index contributed by atoms with van der Waals surface area (Å²) in [6.07, 6.45) is -1.85. The standard InChI is InChI=1S/C6H2BrF2IN2O2/c7-5-3(6(8)9)4(10)2(1-11-5)12(13)14/h1,6H. The third-order valence-electron chi connectivity index (χ3n) is 1.40. The second-order valence-corrected chi connectivity index (χ2v) is 4.05. The Hall–Kier alpha value is -0.380. The molecule has 0 spiro atoms. The quantitative estimate of drug-likeness (QED) is 0.343. The summed E-state index contributed by atoms with van der Waals surface area (Å²) < 4.78 is 24.7. The fraction of sp³-hybridized carbons (Fsp3) is 0.167. The molecule has 1 heterocycles. The van der Waals surface area contributed by atoms with Gasteiger partial charge in [-0.2, -0.15) is 0 Å². The molecular formula is C6H2BrF2IN2O2. The molecule has 0 aliphatic heterocycles. The van der Waals surface area contributed by atoms with Crippen molar-refractivity contribution in [1.29, 1.82) is 0 Å². The van der Waals surface area contributed by atoms with E-state index in [-0.39, 0.29) is 8.17 Å². The van der Waals surface area contributed by atoms with Gasteiger partial charge < -0.3 is 0 Å². The normalized spacial score (nSPS) is 10.6. The number of aromatic nitrogens is 1. The summed E-state index contributed by atoms with van der Waals surface area (Å²) in [5.41, 5.74) is -0.857. The van der Waals surface area contributed by atoms with Gasteiger partial charge in [-0.15, -0.1) is 0 Å². The van der Waals surface area contributed by atoms with E-state index >= 15 is 0 Å². The van der Waals surface area contributed by atoms with E-state index in [1.165, 1.54) is 22.6 Å². The molecule has 0 saturated carbocycles. The zero-order valence-electron chi connectivity index (χ0n) is 6.38. The van der Waals surface area contributed by atoms with Crippen LogP contribution >= 0.6 is 38.5 Å².